The Labute approximate surface area is 102 Å². The molecular formula is C12H21N3O2. The van der Waals surface area contributed by atoms with Gasteiger partial charge in [-0.15, -0.1) is 0 Å². The summed E-state index contributed by atoms with van der Waals surface area (Å²) < 4.78 is 0. The van der Waals surface area contributed by atoms with E-state index in [0.717, 1.165) is 39.0 Å². The Bertz CT molecular complexity index is 318. The van der Waals surface area contributed by atoms with Crippen LogP contribution in [0.25, 0.3) is 0 Å². The molecule has 0 atom stereocenters. The van der Waals surface area contributed by atoms with Gasteiger partial charge < -0.3 is 15.1 Å². The molecule has 1 spiro atoms. The van der Waals surface area contributed by atoms with Crippen LogP contribution >= 0.6 is 0 Å². The Morgan fingerprint density at radius 3 is 2.65 bits per heavy atom. The maximum atomic E-state index is 12.1. The van der Waals surface area contributed by atoms with Gasteiger partial charge in [-0.1, -0.05) is 5.16 Å². The molecule has 1 fully saturated rings. The van der Waals surface area contributed by atoms with Crippen molar-refractivity contribution in [2.24, 2.45) is 5.16 Å². The van der Waals surface area contributed by atoms with Gasteiger partial charge in [-0.25, -0.2) is 0 Å². The monoisotopic (exact) mass is 239 g/mol. The Kier molecular flexibility index (Phi) is 3.66. The van der Waals surface area contributed by atoms with E-state index in [4.69, 9.17) is 4.84 Å². The summed E-state index contributed by atoms with van der Waals surface area (Å²) in [5, 5.41) is 7.33. The summed E-state index contributed by atoms with van der Waals surface area (Å²) in [4.78, 5) is 19.5. The molecule has 1 amide bonds. The Hall–Kier alpha value is -1.10. The van der Waals surface area contributed by atoms with E-state index in [1.54, 1.807) is 4.90 Å². The van der Waals surface area contributed by atoms with Crippen molar-refractivity contribution < 1.29 is 9.63 Å². The summed E-state index contributed by atoms with van der Waals surface area (Å²) in [7, 11) is 0. The first kappa shape index (κ1) is 12.4. The number of nitrogens with one attached hydrogen (secondary N) is 1. The second-order valence-corrected chi connectivity index (χ2v) is 4.72. The standard InChI is InChI=1S/C12H21N3O2/c1-3-15(4-2)11(16)10-9-12(17-14-10)5-7-13-8-6-12/h13H,3-9H2,1-2H3. The summed E-state index contributed by atoms with van der Waals surface area (Å²) in [5.41, 5.74) is 0.388. The number of oxime groups is 1. The zero-order valence-electron chi connectivity index (χ0n) is 10.7. The first-order chi connectivity index (χ1) is 8.21. The van der Waals surface area contributed by atoms with Crippen molar-refractivity contribution in [2.75, 3.05) is 26.2 Å². The second-order valence-electron chi connectivity index (χ2n) is 4.72. The van der Waals surface area contributed by atoms with E-state index >= 15 is 0 Å². The average Bonchev–Trinajstić information content (AvgIpc) is 2.75. The van der Waals surface area contributed by atoms with Crippen molar-refractivity contribution in [2.45, 2.75) is 38.7 Å². The minimum Gasteiger partial charge on any atom is -0.388 e. The summed E-state index contributed by atoms with van der Waals surface area (Å²) in [6, 6.07) is 0. The first-order valence-electron chi connectivity index (χ1n) is 6.46. The number of piperidine rings is 1. The molecule has 2 rings (SSSR count). The third-order valence-electron chi connectivity index (χ3n) is 3.65. The van der Waals surface area contributed by atoms with E-state index in [-0.39, 0.29) is 11.5 Å². The number of amides is 1. The highest BCUT2D eigenvalue weighted by molar-refractivity contribution is 6.39. The van der Waals surface area contributed by atoms with Gasteiger partial charge in [-0.3, -0.25) is 4.79 Å². The second kappa shape index (κ2) is 5.04. The van der Waals surface area contributed by atoms with E-state index in [9.17, 15) is 4.79 Å². The fourth-order valence-electron chi connectivity index (χ4n) is 2.48. The highest BCUT2D eigenvalue weighted by Gasteiger charge is 2.42. The lowest BCUT2D eigenvalue weighted by atomic mass is 9.87. The molecule has 0 aromatic heterocycles. The van der Waals surface area contributed by atoms with Crippen molar-refractivity contribution in [1.29, 1.82) is 0 Å². The van der Waals surface area contributed by atoms with Crippen LogP contribution in [0.2, 0.25) is 0 Å². The molecule has 0 aromatic carbocycles. The van der Waals surface area contributed by atoms with Gasteiger partial charge in [-0.05, 0) is 26.9 Å². The molecule has 0 bridgehead atoms. The molecule has 17 heavy (non-hydrogen) atoms. The molecule has 0 aliphatic carbocycles. The van der Waals surface area contributed by atoms with Crippen molar-refractivity contribution in [3.8, 4) is 0 Å². The van der Waals surface area contributed by atoms with E-state index in [1.807, 2.05) is 13.8 Å². The lowest BCUT2D eigenvalue weighted by molar-refractivity contribution is -0.123. The number of carbonyl (C=O) groups excluding carboxylic acids is 1. The summed E-state index contributed by atoms with van der Waals surface area (Å²) in [6.45, 7) is 7.31. The molecule has 2 aliphatic rings. The minimum atomic E-state index is -0.205. The molecule has 5 heteroatoms. The fourth-order valence-corrected chi connectivity index (χ4v) is 2.48. The molecule has 2 heterocycles. The highest BCUT2D eigenvalue weighted by Crippen LogP contribution is 2.32. The molecule has 96 valence electrons. The zero-order chi connectivity index (χ0) is 12.3. The Morgan fingerprint density at radius 2 is 2.06 bits per heavy atom. The van der Waals surface area contributed by atoms with Gasteiger partial charge in [0, 0.05) is 32.4 Å². The predicted octanol–water partition coefficient (Wildman–Crippen LogP) is 0.753. The first-order valence-corrected chi connectivity index (χ1v) is 6.46. The number of rotatable bonds is 3. The number of carbonyl (C=O) groups is 1. The smallest absolute Gasteiger partial charge is 0.271 e. The van der Waals surface area contributed by atoms with E-state index < -0.39 is 0 Å². The third kappa shape index (κ3) is 2.44. The summed E-state index contributed by atoms with van der Waals surface area (Å²) in [6.07, 6.45) is 2.54. The normalized spacial score (nSPS) is 22.1. The number of hydrogen-bond donors (Lipinski definition) is 1. The van der Waals surface area contributed by atoms with Gasteiger partial charge in [0.05, 0.1) is 0 Å². The number of hydrogen-bond acceptors (Lipinski definition) is 4. The van der Waals surface area contributed by atoms with Crippen LogP contribution in [0.1, 0.15) is 33.1 Å². The van der Waals surface area contributed by atoms with Crippen LogP contribution in [0.5, 0.6) is 0 Å². The summed E-state index contributed by atoms with van der Waals surface area (Å²) in [5.74, 6) is 0.0328. The van der Waals surface area contributed by atoms with Crippen LogP contribution in [0.4, 0.5) is 0 Å². The van der Waals surface area contributed by atoms with Crippen LogP contribution < -0.4 is 5.32 Å². The molecule has 0 radical (unpaired) electrons. The Morgan fingerprint density at radius 1 is 1.41 bits per heavy atom. The largest absolute Gasteiger partial charge is 0.388 e. The average molecular weight is 239 g/mol. The van der Waals surface area contributed by atoms with Gasteiger partial charge in [0.1, 0.15) is 11.3 Å². The van der Waals surface area contributed by atoms with Gasteiger partial charge in [0.15, 0.2) is 0 Å². The molecule has 5 nitrogen and oxygen atoms in total. The quantitative estimate of drug-likeness (QED) is 0.791. The fraction of sp³-hybridized carbons (Fsp3) is 0.833. The third-order valence-corrected chi connectivity index (χ3v) is 3.65. The molecule has 1 N–H and O–H groups in total. The van der Waals surface area contributed by atoms with Gasteiger partial charge in [-0.2, -0.15) is 0 Å². The zero-order valence-corrected chi connectivity index (χ0v) is 10.7. The van der Waals surface area contributed by atoms with Crippen molar-refractivity contribution in [1.82, 2.24) is 10.2 Å². The van der Waals surface area contributed by atoms with Gasteiger partial charge in [0.2, 0.25) is 0 Å². The topological polar surface area (TPSA) is 53.9 Å². The minimum absolute atomic E-state index is 0.0328. The van der Waals surface area contributed by atoms with Crippen LogP contribution in [-0.4, -0.2) is 48.3 Å². The van der Waals surface area contributed by atoms with Crippen LogP contribution in [0.3, 0.4) is 0 Å². The van der Waals surface area contributed by atoms with E-state index in [0.29, 0.717) is 12.1 Å². The molecule has 1 saturated heterocycles. The number of nitrogens with zero attached hydrogens (tertiary/aromatic N) is 2. The van der Waals surface area contributed by atoms with Crippen LogP contribution in [-0.2, 0) is 9.63 Å². The lowest BCUT2D eigenvalue weighted by Crippen LogP contribution is -2.43. The highest BCUT2D eigenvalue weighted by atomic mass is 16.7. The molecule has 2 aliphatic heterocycles. The molecular weight excluding hydrogens is 218 g/mol. The molecule has 0 saturated carbocycles. The van der Waals surface area contributed by atoms with Gasteiger partial charge in [0.25, 0.3) is 5.91 Å². The van der Waals surface area contributed by atoms with Crippen LogP contribution in [0.15, 0.2) is 5.16 Å². The SMILES string of the molecule is CCN(CC)C(=O)C1=NOC2(CCNCC2)C1. The van der Waals surface area contributed by atoms with Crippen molar-refractivity contribution in [3.63, 3.8) is 0 Å². The van der Waals surface area contributed by atoms with Gasteiger partial charge >= 0.3 is 0 Å². The van der Waals surface area contributed by atoms with Crippen molar-refractivity contribution >= 4 is 11.6 Å². The molecule has 0 unspecified atom stereocenters. The van der Waals surface area contributed by atoms with Crippen molar-refractivity contribution in [3.05, 3.63) is 0 Å². The maximum Gasteiger partial charge on any atom is 0.271 e. The predicted molar refractivity (Wildman–Crippen MR) is 65.9 cm³/mol. The Balaban J connectivity index is 1.98. The van der Waals surface area contributed by atoms with Crippen LogP contribution in [0, 0.1) is 0 Å². The van der Waals surface area contributed by atoms with E-state index in [2.05, 4.69) is 10.5 Å². The lowest BCUT2D eigenvalue weighted by Gasteiger charge is -2.31. The summed E-state index contributed by atoms with van der Waals surface area (Å²) >= 11 is 0. The maximum absolute atomic E-state index is 12.1. The van der Waals surface area contributed by atoms with E-state index in [1.165, 1.54) is 0 Å². The molecule has 0 aromatic rings.